The van der Waals surface area contributed by atoms with Crippen molar-refractivity contribution in [3.63, 3.8) is 0 Å². The van der Waals surface area contributed by atoms with Crippen LogP contribution in [0, 0.1) is 0 Å². The number of carbonyl (C=O) groups is 1. The molecule has 0 spiro atoms. The Balaban J connectivity index is 3.46. The first-order valence-electron chi connectivity index (χ1n) is 4.77. The topological polar surface area (TPSA) is 76.0 Å². The molecule has 0 bridgehead atoms. The van der Waals surface area contributed by atoms with Crippen LogP contribution in [0.4, 0.5) is 0 Å². The molecule has 1 unspecified atom stereocenters. The molecule has 15 heavy (non-hydrogen) atoms. The van der Waals surface area contributed by atoms with E-state index >= 15 is 0 Å². The lowest BCUT2D eigenvalue weighted by Crippen LogP contribution is -2.24. The minimum Gasteiger partial charge on any atom is -0.462 e. The summed E-state index contributed by atoms with van der Waals surface area (Å²) in [6.07, 6.45) is 1.02. The summed E-state index contributed by atoms with van der Waals surface area (Å²) < 4.78 is 9.65. The standard InChI is InChI=1S/C9H18O5Si/c1-7(2)9(10)13-6-4-5-8(3)14-15(11)12/h8,11-12,15H,1,4-6H2,2-3H3. The molecule has 0 aliphatic heterocycles. The van der Waals surface area contributed by atoms with Crippen molar-refractivity contribution in [2.75, 3.05) is 6.61 Å². The van der Waals surface area contributed by atoms with Crippen molar-refractivity contribution in [1.29, 1.82) is 0 Å². The summed E-state index contributed by atoms with van der Waals surface area (Å²) in [7, 11) is -2.94. The van der Waals surface area contributed by atoms with Gasteiger partial charge in [0.2, 0.25) is 0 Å². The van der Waals surface area contributed by atoms with Gasteiger partial charge in [0, 0.05) is 11.7 Å². The zero-order valence-electron chi connectivity index (χ0n) is 9.10. The minimum atomic E-state index is -2.94. The van der Waals surface area contributed by atoms with Crippen molar-refractivity contribution in [2.45, 2.75) is 32.8 Å². The van der Waals surface area contributed by atoms with Crippen LogP contribution < -0.4 is 0 Å². The Kier molecular flexibility index (Phi) is 7.23. The predicted octanol–water partition coefficient (Wildman–Crippen LogP) is -0.00720. The van der Waals surface area contributed by atoms with Crippen LogP contribution in [-0.2, 0) is 14.0 Å². The van der Waals surface area contributed by atoms with Crippen LogP contribution in [0.25, 0.3) is 0 Å². The van der Waals surface area contributed by atoms with Crippen LogP contribution in [-0.4, -0.2) is 37.8 Å². The molecule has 6 heteroatoms. The van der Waals surface area contributed by atoms with Gasteiger partial charge in [-0.15, -0.1) is 0 Å². The summed E-state index contributed by atoms with van der Waals surface area (Å²) in [6.45, 7) is 7.07. The fraction of sp³-hybridized carbons (Fsp3) is 0.667. The molecule has 0 radical (unpaired) electrons. The van der Waals surface area contributed by atoms with Gasteiger partial charge >= 0.3 is 15.5 Å². The van der Waals surface area contributed by atoms with Gasteiger partial charge in [0.15, 0.2) is 0 Å². The summed E-state index contributed by atoms with van der Waals surface area (Å²) in [5.41, 5.74) is 0.373. The van der Waals surface area contributed by atoms with E-state index < -0.39 is 15.5 Å². The Labute approximate surface area is 91.3 Å². The van der Waals surface area contributed by atoms with Crippen molar-refractivity contribution in [3.8, 4) is 0 Å². The van der Waals surface area contributed by atoms with Gasteiger partial charge in [-0.25, -0.2) is 4.79 Å². The molecule has 88 valence electrons. The SMILES string of the molecule is C=C(C)C(=O)OCCCC(C)O[SiH](O)O. The molecule has 0 aliphatic rings. The lowest BCUT2D eigenvalue weighted by atomic mass is 10.2. The van der Waals surface area contributed by atoms with E-state index in [0.29, 0.717) is 25.0 Å². The summed E-state index contributed by atoms with van der Waals surface area (Å²) in [5.74, 6) is -0.403. The number of carbonyl (C=O) groups excluding carboxylic acids is 1. The summed E-state index contributed by atoms with van der Waals surface area (Å²) >= 11 is 0. The first-order valence-corrected chi connectivity index (χ1v) is 6.28. The average Bonchev–Trinajstić information content (AvgIpc) is 2.10. The average molecular weight is 234 g/mol. The van der Waals surface area contributed by atoms with Crippen LogP contribution in [0.5, 0.6) is 0 Å². The largest absolute Gasteiger partial charge is 0.478 e. The third-order valence-electron chi connectivity index (χ3n) is 1.69. The first-order chi connectivity index (χ1) is 6.93. The van der Waals surface area contributed by atoms with Gasteiger partial charge < -0.3 is 18.8 Å². The Morgan fingerprint density at radius 2 is 2.13 bits per heavy atom. The summed E-state index contributed by atoms with van der Waals surface area (Å²) in [6, 6.07) is 0. The zero-order chi connectivity index (χ0) is 11.8. The van der Waals surface area contributed by atoms with E-state index in [1.807, 2.05) is 0 Å². The summed E-state index contributed by atoms with van der Waals surface area (Å²) in [5, 5.41) is 0. The second kappa shape index (κ2) is 7.58. The molecule has 0 aliphatic carbocycles. The first kappa shape index (κ1) is 14.3. The van der Waals surface area contributed by atoms with Gasteiger partial charge in [-0.2, -0.15) is 0 Å². The van der Waals surface area contributed by atoms with E-state index in [0.717, 1.165) is 0 Å². The van der Waals surface area contributed by atoms with E-state index in [9.17, 15) is 4.79 Å². The maximum Gasteiger partial charge on any atom is 0.478 e. The maximum atomic E-state index is 10.9. The highest BCUT2D eigenvalue weighted by molar-refractivity contribution is 6.32. The molecular weight excluding hydrogens is 216 g/mol. The quantitative estimate of drug-likeness (QED) is 0.280. The molecule has 2 N–H and O–H groups in total. The van der Waals surface area contributed by atoms with Crippen molar-refractivity contribution in [2.24, 2.45) is 0 Å². The van der Waals surface area contributed by atoms with Crippen molar-refractivity contribution >= 4 is 15.5 Å². The van der Waals surface area contributed by atoms with Gasteiger partial charge in [-0.05, 0) is 26.7 Å². The molecular formula is C9H18O5Si. The third kappa shape index (κ3) is 8.31. The molecule has 0 heterocycles. The van der Waals surface area contributed by atoms with E-state index in [2.05, 4.69) is 6.58 Å². The lowest BCUT2D eigenvalue weighted by molar-refractivity contribution is -0.139. The number of rotatable bonds is 7. The van der Waals surface area contributed by atoms with Crippen molar-refractivity contribution in [3.05, 3.63) is 12.2 Å². The highest BCUT2D eigenvalue weighted by Crippen LogP contribution is 2.03. The second-order valence-corrected chi connectivity index (χ2v) is 4.26. The molecule has 0 saturated carbocycles. The maximum absolute atomic E-state index is 10.9. The fourth-order valence-corrected chi connectivity index (χ4v) is 1.49. The molecule has 0 saturated heterocycles. The van der Waals surface area contributed by atoms with E-state index in [1.165, 1.54) is 0 Å². The zero-order valence-corrected chi connectivity index (χ0v) is 10.3. The highest BCUT2D eigenvalue weighted by Gasteiger charge is 2.10. The number of hydrogen-bond donors (Lipinski definition) is 2. The Morgan fingerprint density at radius 3 is 2.60 bits per heavy atom. The normalized spacial score (nSPS) is 12.6. The molecule has 5 nitrogen and oxygen atoms in total. The van der Waals surface area contributed by atoms with E-state index in [1.54, 1.807) is 13.8 Å². The number of ether oxygens (including phenoxy) is 1. The molecule has 1 atom stereocenters. The second-order valence-electron chi connectivity index (χ2n) is 3.33. The number of hydrogen-bond acceptors (Lipinski definition) is 5. The Morgan fingerprint density at radius 1 is 1.53 bits per heavy atom. The van der Waals surface area contributed by atoms with Crippen LogP contribution in [0.1, 0.15) is 26.7 Å². The van der Waals surface area contributed by atoms with Gasteiger partial charge in [-0.3, -0.25) is 0 Å². The van der Waals surface area contributed by atoms with E-state index in [-0.39, 0.29) is 6.10 Å². The van der Waals surface area contributed by atoms with Gasteiger partial charge in [0.25, 0.3) is 0 Å². The van der Waals surface area contributed by atoms with Gasteiger partial charge in [0.1, 0.15) is 0 Å². The predicted molar refractivity (Wildman–Crippen MR) is 57.1 cm³/mol. The third-order valence-corrected chi connectivity index (χ3v) is 2.40. The Bertz CT molecular complexity index is 217. The summed E-state index contributed by atoms with van der Waals surface area (Å²) in [4.78, 5) is 28.2. The lowest BCUT2D eigenvalue weighted by Gasteiger charge is -2.13. The Hall–Kier alpha value is -0.693. The highest BCUT2D eigenvalue weighted by atomic mass is 28.3. The molecule has 0 fully saturated rings. The van der Waals surface area contributed by atoms with Gasteiger partial charge in [-0.1, -0.05) is 6.58 Å². The van der Waals surface area contributed by atoms with Crippen LogP contribution in [0.3, 0.4) is 0 Å². The fourth-order valence-electron chi connectivity index (χ4n) is 0.935. The van der Waals surface area contributed by atoms with Crippen LogP contribution in [0.15, 0.2) is 12.2 Å². The molecule has 0 aromatic heterocycles. The van der Waals surface area contributed by atoms with Crippen molar-refractivity contribution < 1.29 is 23.5 Å². The molecule has 0 rings (SSSR count). The molecule has 0 aromatic carbocycles. The molecule has 0 aromatic rings. The molecule has 0 amide bonds. The van der Waals surface area contributed by atoms with E-state index in [4.69, 9.17) is 18.8 Å². The van der Waals surface area contributed by atoms with Gasteiger partial charge in [0.05, 0.1) is 6.61 Å². The monoisotopic (exact) mass is 234 g/mol. The smallest absolute Gasteiger partial charge is 0.462 e. The van der Waals surface area contributed by atoms with Crippen LogP contribution >= 0.6 is 0 Å². The minimum absolute atomic E-state index is 0.222. The van der Waals surface area contributed by atoms with Crippen LogP contribution in [0.2, 0.25) is 0 Å². The number of esters is 1. The van der Waals surface area contributed by atoms with Crippen molar-refractivity contribution in [1.82, 2.24) is 0 Å².